The van der Waals surface area contributed by atoms with E-state index < -0.39 is 0 Å². The number of halogens is 1. The van der Waals surface area contributed by atoms with Gasteiger partial charge in [-0.1, -0.05) is 72.3 Å². The van der Waals surface area contributed by atoms with Gasteiger partial charge < -0.3 is 9.30 Å². The maximum atomic E-state index is 6.16. The zero-order valence-electron chi connectivity index (χ0n) is 15.5. The van der Waals surface area contributed by atoms with Crippen LogP contribution in [0.2, 0.25) is 5.02 Å². The van der Waals surface area contributed by atoms with Gasteiger partial charge in [-0.05, 0) is 42.3 Å². The smallest absolute Gasteiger partial charge is 0.137 e. The molecular formula is C24H21ClN2O. The summed E-state index contributed by atoms with van der Waals surface area (Å²) in [5.74, 6) is 1.67. The fourth-order valence-corrected chi connectivity index (χ4v) is 3.35. The highest BCUT2D eigenvalue weighted by Gasteiger charge is 2.08. The number of imidazole rings is 1. The van der Waals surface area contributed by atoms with Crippen molar-refractivity contribution in [2.24, 2.45) is 0 Å². The predicted molar refractivity (Wildman–Crippen MR) is 117 cm³/mol. The van der Waals surface area contributed by atoms with E-state index in [9.17, 15) is 0 Å². The molecule has 0 aliphatic rings. The first-order valence-corrected chi connectivity index (χ1v) is 9.75. The van der Waals surface area contributed by atoms with Crippen molar-refractivity contribution in [3.8, 4) is 5.75 Å². The van der Waals surface area contributed by atoms with E-state index in [0.717, 1.165) is 41.1 Å². The fraction of sp³-hybridized carbons (Fsp3) is 0.125. The summed E-state index contributed by atoms with van der Waals surface area (Å²) in [4.78, 5) is 4.79. The van der Waals surface area contributed by atoms with E-state index >= 15 is 0 Å². The van der Waals surface area contributed by atoms with Crippen LogP contribution < -0.4 is 4.74 Å². The van der Waals surface area contributed by atoms with E-state index in [1.165, 1.54) is 0 Å². The Balaban J connectivity index is 1.50. The number of fused-ring (bicyclic) bond motifs is 1. The molecule has 0 atom stereocenters. The van der Waals surface area contributed by atoms with Crippen molar-refractivity contribution in [3.05, 3.63) is 95.3 Å². The van der Waals surface area contributed by atoms with Crippen LogP contribution in [0.15, 0.2) is 78.9 Å². The van der Waals surface area contributed by atoms with Crippen molar-refractivity contribution < 1.29 is 4.74 Å². The van der Waals surface area contributed by atoms with Crippen molar-refractivity contribution in [2.45, 2.75) is 13.0 Å². The second-order valence-corrected chi connectivity index (χ2v) is 6.89. The molecule has 28 heavy (non-hydrogen) atoms. The fourth-order valence-electron chi connectivity index (χ4n) is 3.16. The van der Waals surface area contributed by atoms with Crippen LogP contribution >= 0.6 is 11.6 Å². The highest BCUT2D eigenvalue weighted by molar-refractivity contribution is 6.32. The van der Waals surface area contributed by atoms with Gasteiger partial charge in [0.05, 0.1) is 22.7 Å². The summed E-state index contributed by atoms with van der Waals surface area (Å²) in [6.07, 6.45) is 5.03. The number of ether oxygens (including phenoxy) is 1. The molecule has 0 unspecified atom stereocenters. The Bertz CT molecular complexity index is 1090. The average molecular weight is 389 g/mol. The molecule has 0 radical (unpaired) electrons. The van der Waals surface area contributed by atoms with Crippen LogP contribution in [-0.2, 0) is 6.54 Å². The summed E-state index contributed by atoms with van der Waals surface area (Å²) >= 11 is 6.16. The van der Waals surface area contributed by atoms with Crippen molar-refractivity contribution in [1.82, 2.24) is 9.55 Å². The lowest BCUT2D eigenvalue weighted by Gasteiger charge is -2.10. The van der Waals surface area contributed by atoms with Gasteiger partial charge in [0.2, 0.25) is 0 Å². The number of hydrogen-bond acceptors (Lipinski definition) is 2. The lowest BCUT2D eigenvalue weighted by Crippen LogP contribution is -2.06. The normalized spacial score (nSPS) is 11.3. The van der Waals surface area contributed by atoms with E-state index in [0.29, 0.717) is 11.6 Å². The summed E-state index contributed by atoms with van der Waals surface area (Å²) in [7, 11) is 0. The van der Waals surface area contributed by atoms with Crippen LogP contribution in [0.5, 0.6) is 5.75 Å². The number of hydrogen-bond donors (Lipinski definition) is 0. The van der Waals surface area contributed by atoms with Crippen LogP contribution in [0, 0.1) is 0 Å². The highest BCUT2D eigenvalue weighted by Crippen LogP contribution is 2.23. The third-order valence-electron chi connectivity index (χ3n) is 4.53. The molecule has 0 aliphatic heterocycles. The van der Waals surface area contributed by atoms with Gasteiger partial charge in [-0.2, -0.15) is 0 Å². The van der Waals surface area contributed by atoms with Gasteiger partial charge in [0.25, 0.3) is 0 Å². The number of nitrogens with zero attached hydrogens (tertiary/aromatic N) is 2. The monoisotopic (exact) mass is 388 g/mol. The van der Waals surface area contributed by atoms with E-state index in [1.54, 1.807) is 0 Å². The molecule has 0 amide bonds. The van der Waals surface area contributed by atoms with Gasteiger partial charge >= 0.3 is 0 Å². The minimum atomic E-state index is 0.595. The first-order chi connectivity index (χ1) is 13.8. The molecule has 4 heteroatoms. The molecule has 0 fully saturated rings. The third-order valence-corrected chi connectivity index (χ3v) is 4.84. The number of benzene rings is 3. The van der Waals surface area contributed by atoms with Gasteiger partial charge in [0.1, 0.15) is 11.6 Å². The van der Waals surface area contributed by atoms with Crippen molar-refractivity contribution >= 4 is 34.8 Å². The Morgan fingerprint density at radius 1 is 0.857 bits per heavy atom. The molecule has 1 heterocycles. The van der Waals surface area contributed by atoms with Crippen LogP contribution in [0.25, 0.3) is 23.2 Å². The molecule has 0 spiro atoms. The number of aryl methyl sites for hydroxylation is 1. The van der Waals surface area contributed by atoms with E-state index in [2.05, 4.69) is 34.9 Å². The quantitative estimate of drug-likeness (QED) is 0.346. The second kappa shape index (κ2) is 8.77. The summed E-state index contributed by atoms with van der Waals surface area (Å²) in [5, 5.41) is 0.641. The minimum absolute atomic E-state index is 0.595. The molecular weight excluding hydrogens is 368 g/mol. The second-order valence-electron chi connectivity index (χ2n) is 6.49. The van der Waals surface area contributed by atoms with E-state index in [4.69, 9.17) is 21.3 Å². The van der Waals surface area contributed by atoms with Crippen molar-refractivity contribution in [2.75, 3.05) is 6.61 Å². The third kappa shape index (κ3) is 4.26. The Hall–Kier alpha value is -3.04. The number of rotatable bonds is 7. The van der Waals surface area contributed by atoms with Crippen LogP contribution in [-0.4, -0.2) is 16.2 Å². The van der Waals surface area contributed by atoms with E-state index in [-0.39, 0.29) is 0 Å². The predicted octanol–water partition coefficient (Wildman–Crippen LogP) is 6.33. The van der Waals surface area contributed by atoms with Crippen molar-refractivity contribution in [1.29, 1.82) is 0 Å². The number of para-hydroxylation sites is 3. The largest absolute Gasteiger partial charge is 0.492 e. The van der Waals surface area contributed by atoms with Crippen LogP contribution in [0.1, 0.15) is 17.8 Å². The van der Waals surface area contributed by atoms with Gasteiger partial charge in [0.15, 0.2) is 0 Å². The summed E-state index contributed by atoms with van der Waals surface area (Å²) in [6.45, 7) is 1.41. The summed E-state index contributed by atoms with van der Waals surface area (Å²) in [6, 6.07) is 26.0. The highest BCUT2D eigenvalue weighted by atomic mass is 35.5. The lowest BCUT2D eigenvalue weighted by atomic mass is 10.2. The molecule has 0 saturated heterocycles. The van der Waals surface area contributed by atoms with Crippen LogP contribution in [0.3, 0.4) is 0 Å². The van der Waals surface area contributed by atoms with E-state index in [1.807, 2.05) is 60.7 Å². The molecule has 0 N–H and O–H groups in total. The van der Waals surface area contributed by atoms with Crippen molar-refractivity contribution in [3.63, 3.8) is 0 Å². The molecule has 140 valence electrons. The summed E-state index contributed by atoms with van der Waals surface area (Å²) in [5.41, 5.74) is 3.29. The Morgan fingerprint density at radius 3 is 2.46 bits per heavy atom. The number of aromatic nitrogens is 2. The average Bonchev–Trinajstić information content (AvgIpc) is 3.09. The molecule has 1 aromatic heterocycles. The standard InChI is InChI=1S/C24H21ClN2O/c25-20-11-4-7-14-23(20)28-18-8-17-27-22-13-6-5-12-21(22)26-24(27)16-15-19-9-2-1-3-10-19/h1-7,9-16H,8,17-18H2/b16-15+. The maximum absolute atomic E-state index is 6.16. The van der Waals surface area contributed by atoms with Crippen LogP contribution in [0.4, 0.5) is 0 Å². The maximum Gasteiger partial charge on any atom is 0.137 e. The zero-order chi connectivity index (χ0) is 19.2. The lowest BCUT2D eigenvalue weighted by molar-refractivity contribution is 0.302. The molecule has 3 nitrogen and oxygen atoms in total. The van der Waals surface area contributed by atoms with Gasteiger partial charge in [-0.3, -0.25) is 0 Å². The summed E-state index contributed by atoms with van der Waals surface area (Å²) < 4.78 is 8.07. The molecule has 3 aromatic carbocycles. The zero-order valence-corrected chi connectivity index (χ0v) is 16.2. The van der Waals surface area contributed by atoms with Gasteiger partial charge in [-0.25, -0.2) is 4.98 Å². The van der Waals surface area contributed by atoms with Gasteiger partial charge in [-0.15, -0.1) is 0 Å². The Morgan fingerprint density at radius 2 is 1.61 bits per heavy atom. The molecule has 0 saturated carbocycles. The first kappa shape index (κ1) is 18.3. The molecule has 0 bridgehead atoms. The first-order valence-electron chi connectivity index (χ1n) is 9.37. The Kier molecular flexibility index (Phi) is 5.74. The molecule has 0 aliphatic carbocycles. The molecule has 4 rings (SSSR count). The Labute approximate surface area is 169 Å². The SMILES string of the molecule is Clc1ccccc1OCCCn1c(/C=C/c2ccccc2)nc2ccccc21. The van der Waals surface area contributed by atoms with Gasteiger partial charge in [0, 0.05) is 6.54 Å². The molecule has 4 aromatic rings. The minimum Gasteiger partial charge on any atom is -0.492 e. The topological polar surface area (TPSA) is 27.1 Å².